The Labute approximate surface area is 454 Å². The minimum Gasteiger partial charge on any atom is -0.456 e. The summed E-state index contributed by atoms with van der Waals surface area (Å²) in [7, 11) is -8.54. The highest BCUT2D eigenvalue weighted by atomic mass is 79.9. The number of anilines is 1. The molecule has 74 heavy (non-hydrogen) atoms. The highest BCUT2D eigenvalue weighted by Crippen LogP contribution is 2.43. The Balaban J connectivity index is 1.48. The van der Waals surface area contributed by atoms with Gasteiger partial charge in [-0.05, 0) is 83.7 Å². The Hall–Kier alpha value is -3.59. The second kappa shape index (κ2) is 34.9. The molecular formula is C51H77Br2N6O13S2+. The van der Waals surface area contributed by atoms with Crippen LogP contribution in [0.1, 0.15) is 53.4 Å². The molecule has 414 valence electrons. The van der Waals surface area contributed by atoms with E-state index < -0.39 is 20.0 Å². The van der Waals surface area contributed by atoms with E-state index in [-0.39, 0.29) is 58.6 Å². The van der Waals surface area contributed by atoms with Crippen molar-refractivity contribution in [3.63, 3.8) is 0 Å². The average molecular weight is 1210 g/mol. The minimum atomic E-state index is -4.35. The zero-order valence-corrected chi connectivity index (χ0v) is 48.2. The highest BCUT2D eigenvalue weighted by Gasteiger charge is 2.28. The van der Waals surface area contributed by atoms with Crippen molar-refractivity contribution in [2.45, 2.75) is 63.2 Å². The number of ether oxygens (including phenoxy) is 6. The Morgan fingerprint density at radius 2 is 1.04 bits per heavy atom. The standard InChI is InChI=1S/C51H76Br2N6O13S2/c1-5-58(6-2)40-13-16-43-46(35-40)72-47-36-41(59(7-3)8-4)14-17-44(47)51(43)45-18-15-42(73(62,63)56-21-11-25-68-29-33-70-31-27-66-23-9-19-54-49(60)38-52)37-48(45)74(64,65)57-22-12-26-69-30-34-71-32-28-67-24-10-20-55-50(61)39-53/h13-18,35-37,56-57H,5-12,19-34,38-39H2,1-4H3,(H-,54,55,60,61)/p+1. The van der Waals surface area contributed by atoms with E-state index >= 15 is 0 Å². The molecule has 0 spiro atoms. The number of benzene rings is 3. The van der Waals surface area contributed by atoms with Crippen molar-refractivity contribution in [1.29, 1.82) is 0 Å². The molecule has 0 bridgehead atoms. The van der Waals surface area contributed by atoms with E-state index in [0.717, 1.165) is 37.2 Å². The third-order valence-electron chi connectivity index (χ3n) is 11.6. The summed E-state index contributed by atoms with van der Waals surface area (Å²) in [6.45, 7) is 16.9. The van der Waals surface area contributed by atoms with Crippen LogP contribution in [0, 0.1) is 0 Å². The maximum Gasteiger partial charge on any atom is 0.241 e. The largest absolute Gasteiger partial charge is 0.456 e. The Bertz CT molecular complexity index is 2580. The summed E-state index contributed by atoms with van der Waals surface area (Å²) < 4.78 is 105. The number of halogens is 2. The van der Waals surface area contributed by atoms with Gasteiger partial charge in [0.05, 0.1) is 79.4 Å². The molecule has 2 aromatic rings. The first-order valence-corrected chi connectivity index (χ1v) is 30.6. The van der Waals surface area contributed by atoms with Gasteiger partial charge in [-0.3, -0.25) is 9.59 Å². The molecule has 2 aliphatic rings. The van der Waals surface area contributed by atoms with Gasteiger partial charge in [0.2, 0.25) is 37.2 Å². The minimum absolute atomic E-state index is 0.0205. The van der Waals surface area contributed by atoms with Crippen molar-refractivity contribution < 1.29 is 59.3 Å². The number of sulfonamides is 2. The van der Waals surface area contributed by atoms with Crippen LogP contribution in [0.15, 0.2) is 68.8 Å². The summed E-state index contributed by atoms with van der Waals surface area (Å²) in [6, 6.07) is 16.0. The van der Waals surface area contributed by atoms with Crippen LogP contribution in [0.3, 0.4) is 0 Å². The van der Waals surface area contributed by atoms with Crippen molar-refractivity contribution in [3.05, 3.63) is 60.0 Å². The van der Waals surface area contributed by atoms with Gasteiger partial charge < -0.3 is 48.4 Å². The fraction of sp³-hybridized carbons (Fsp3) is 0.588. The lowest BCUT2D eigenvalue weighted by molar-refractivity contribution is -0.119. The van der Waals surface area contributed by atoms with E-state index in [2.05, 4.69) is 89.1 Å². The number of hydrogen-bond donors (Lipinski definition) is 4. The molecule has 19 nitrogen and oxygen atoms in total. The molecule has 0 saturated heterocycles. The van der Waals surface area contributed by atoms with Crippen molar-refractivity contribution in [2.24, 2.45) is 0 Å². The summed E-state index contributed by atoms with van der Waals surface area (Å²) in [4.78, 5) is 24.3. The van der Waals surface area contributed by atoms with Crippen LogP contribution in [0.25, 0.3) is 33.4 Å². The maximum absolute atomic E-state index is 14.6. The number of amides is 2. The van der Waals surface area contributed by atoms with E-state index in [4.69, 9.17) is 32.8 Å². The smallest absolute Gasteiger partial charge is 0.241 e. The van der Waals surface area contributed by atoms with Gasteiger partial charge in [0.15, 0.2) is 0 Å². The van der Waals surface area contributed by atoms with Crippen LogP contribution in [-0.4, -0.2) is 171 Å². The van der Waals surface area contributed by atoms with Gasteiger partial charge in [0, 0.05) is 106 Å². The van der Waals surface area contributed by atoms with Gasteiger partial charge in [0.25, 0.3) is 0 Å². The first-order valence-electron chi connectivity index (χ1n) is 25.4. The third kappa shape index (κ3) is 21.1. The lowest BCUT2D eigenvalue weighted by Crippen LogP contribution is -2.29. The van der Waals surface area contributed by atoms with E-state index in [1.165, 1.54) is 12.1 Å². The number of carbonyl (C=O) groups excluding carboxylic acids is 2. The number of hydrogen-bond acceptors (Lipinski definition) is 14. The zero-order chi connectivity index (χ0) is 53.6. The molecule has 0 atom stereocenters. The van der Waals surface area contributed by atoms with Crippen molar-refractivity contribution in [1.82, 2.24) is 24.7 Å². The van der Waals surface area contributed by atoms with Gasteiger partial charge in [-0.25, -0.2) is 30.9 Å². The Kier molecular flexibility index (Phi) is 29.7. The second-order valence-corrected chi connectivity index (χ2v) is 21.3. The molecule has 0 unspecified atom stereocenters. The molecule has 2 amide bonds. The number of carbonyl (C=O) groups is 2. The van der Waals surface area contributed by atoms with E-state index in [1.54, 1.807) is 6.07 Å². The molecule has 1 aliphatic heterocycles. The van der Waals surface area contributed by atoms with E-state index in [0.29, 0.717) is 138 Å². The van der Waals surface area contributed by atoms with Crippen LogP contribution in [0.4, 0.5) is 5.69 Å². The number of fused-ring (bicyclic) bond motifs is 2. The van der Waals surface area contributed by atoms with Crippen LogP contribution in [0.2, 0.25) is 0 Å². The molecule has 2 aromatic carbocycles. The lowest BCUT2D eigenvalue weighted by Gasteiger charge is -2.23. The van der Waals surface area contributed by atoms with Gasteiger partial charge in [0.1, 0.15) is 24.4 Å². The monoisotopic (exact) mass is 1200 g/mol. The van der Waals surface area contributed by atoms with E-state index in [1.807, 2.05) is 36.4 Å². The molecule has 0 radical (unpaired) electrons. The van der Waals surface area contributed by atoms with Crippen LogP contribution in [0.5, 0.6) is 0 Å². The summed E-state index contributed by atoms with van der Waals surface area (Å²) in [5, 5.41) is 7.66. The molecular weight excluding hydrogens is 1130 g/mol. The predicted octanol–water partition coefficient (Wildman–Crippen LogP) is 5.10. The molecule has 0 fully saturated rings. The van der Waals surface area contributed by atoms with E-state index in [9.17, 15) is 26.4 Å². The van der Waals surface area contributed by atoms with Crippen molar-refractivity contribution in [2.75, 3.05) is 147 Å². The molecule has 4 N–H and O–H groups in total. The Morgan fingerprint density at radius 1 is 0.568 bits per heavy atom. The first-order chi connectivity index (χ1) is 35.8. The van der Waals surface area contributed by atoms with Crippen LogP contribution in [-0.2, 0) is 58.1 Å². The predicted molar refractivity (Wildman–Crippen MR) is 296 cm³/mol. The normalized spacial score (nSPS) is 11.9. The average Bonchev–Trinajstić information content (AvgIpc) is 3.40. The zero-order valence-electron chi connectivity index (χ0n) is 43.4. The number of nitrogens with zero attached hydrogens (tertiary/aromatic N) is 2. The summed E-state index contributed by atoms with van der Waals surface area (Å²) in [5.41, 5.74) is 3.06. The SMILES string of the molecule is CCN(CC)c1ccc2c(-c3ccc(S(=O)(=O)NCCCOCCOCCOCCCNC(=O)CBr)cc3S(=O)(=O)NCCCOCCOCCOCCCNC(=O)CBr)c3ccc(=[N+](CC)CC)cc-3oc2c1. The number of nitrogens with one attached hydrogen (secondary N) is 4. The van der Waals surface area contributed by atoms with Gasteiger partial charge in [-0.2, -0.15) is 0 Å². The second-order valence-electron chi connectivity index (χ2n) is 16.7. The quantitative estimate of drug-likeness (QED) is 0.0197. The van der Waals surface area contributed by atoms with Crippen molar-refractivity contribution >= 4 is 80.4 Å². The molecule has 1 aliphatic carbocycles. The summed E-state index contributed by atoms with van der Waals surface area (Å²) in [5.74, 6) is 0.411. The Morgan fingerprint density at radius 3 is 1.53 bits per heavy atom. The summed E-state index contributed by atoms with van der Waals surface area (Å²) in [6.07, 6.45) is 2.09. The molecule has 4 rings (SSSR count). The highest BCUT2D eigenvalue weighted by molar-refractivity contribution is 9.09. The van der Waals surface area contributed by atoms with Crippen LogP contribution >= 0.6 is 31.9 Å². The molecule has 23 heteroatoms. The maximum atomic E-state index is 14.6. The fourth-order valence-corrected chi connectivity index (χ4v) is 10.6. The van der Waals surface area contributed by atoms with Crippen LogP contribution < -0.4 is 34.9 Å². The molecule has 0 aromatic heterocycles. The number of rotatable bonds is 40. The molecule has 0 saturated carbocycles. The lowest BCUT2D eigenvalue weighted by atomic mass is 9.93. The van der Waals surface area contributed by atoms with Gasteiger partial charge >= 0.3 is 0 Å². The van der Waals surface area contributed by atoms with Gasteiger partial charge in [-0.1, -0.05) is 37.9 Å². The number of alkyl halides is 2. The first kappa shape index (κ1) is 62.9. The van der Waals surface area contributed by atoms with Crippen molar-refractivity contribution in [3.8, 4) is 22.5 Å². The van der Waals surface area contributed by atoms with Gasteiger partial charge in [-0.15, -0.1) is 0 Å². The topological polar surface area (TPSA) is 225 Å². The fourth-order valence-electron chi connectivity index (χ4n) is 7.73. The molecule has 1 heterocycles. The summed E-state index contributed by atoms with van der Waals surface area (Å²) >= 11 is 6.21. The third-order valence-corrected chi connectivity index (χ3v) is 15.6.